The van der Waals surface area contributed by atoms with Crippen molar-refractivity contribution in [2.75, 3.05) is 10.6 Å². The molecule has 2 aromatic carbocycles. The number of alkyl carbamates (subject to hydrolysis) is 1. The number of nitrogens with zero attached hydrogens (tertiary/aromatic N) is 4. The number of hydrogen-bond acceptors (Lipinski definition) is 7. The number of aryl methyl sites for hydroxylation is 1. The van der Waals surface area contributed by atoms with Gasteiger partial charge in [-0.05, 0) is 70.9 Å². The van der Waals surface area contributed by atoms with Gasteiger partial charge in [0.1, 0.15) is 11.7 Å². The molecule has 0 saturated heterocycles. The second-order valence-corrected chi connectivity index (χ2v) is 10.6. The molecule has 10 heteroatoms. The Morgan fingerprint density at radius 1 is 1.15 bits per heavy atom. The lowest BCUT2D eigenvalue weighted by atomic mass is 10.0. The molecule has 2 aromatic heterocycles. The van der Waals surface area contributed by atoms with Crippen LogP contribution in [0.25, 0.3) is 10.9 Å². The number of nitrogens with one attached hydrogen (secondary N) is 3. The van der Waals surface area contributed by atoms with Crippen molar-refractivity contribution in [1.29, 1.82) is 5.26 Å². The van der Waals surface area contributed by atoms with Gasteiger partial charge in [0.2, 0.25) is 0 Å². The lowest BCUT2D eigenvalue weighted by molar-refractivity contribution is 0.0503. The molecule has 9 nitrogen and oxygen atoms in total. The van der Waals surface area contributed by atoms with Crippen LogP contribution >= 0.6 is 0 Å². The van der Waals surface area contributed by atoms with Crippen molar-refractivity contribution in [2.24, 2.45) is 0 Å². The number of anilines is 3. The van der Waals surface area contributed by atoms with E-state index in [0.29, 0.717) is 12.1 Å². The van der Waals surface area contributed by atoms with Crippen LogP contribution in [0.3, 0.4) is 0 Å². The van der Waals surface area contributed by atoms with E-state index in [4.69, 9.17) is 4.74 Å². The molecule has 0 spiro atoms. The number of ether oxygens (including phenoxy) is 1. The fraction of sp³-hybridized carbons (Fsp3) is 0.333. The topological polar surface area (TPSA) is 117 Å². The van der Waals surface area contributed by atoms with E-state index in [0.717, 1.165) is 29.1 Å². The summed E-state index contributed by atoms with van der Waals surface area (Å²) >= 11 is 0. The maximum Gasteiger partial charge on any atom is 0.407 e. The highest BCUT2D eigenvalue weighted by Gasteiger charge is 2.25. The molecular weight excluding hydrogens is 509 g/mol. The smallest absolute Gasteiger partial charge is 0.407 e. The second kappa shape index (κ2) is 12.0. The predicted octanol–water partition coefficient (Wildman–Crippen LogP) is 6.14. The number of fused-ring (bicyclic) bond motifs is 1. The third-order valence-corrected chi connectivity index (χ3v) is 6.27. The Hall–Kier alpha value is -4.65. The summed E-state index contributed by atoms with van der Waals surface area (Å²) in [6.45, 7) is 9.94. The third kappa shape index (κ3) is 7.05. The van der Waals surface area contributed by atoms with Crippen molar-refractivity contribution in [2.45, 2.75) is 65.3 Å². The first kappa shape index (κ1) is 28.4. The fourth-order valence-corrected chi connectivity index (χ4v) is 4.31. The van der Waals surface area contributed by atoms with Crippen molar-refractivity contribution >= 4 is 34.3 Å². The monoisotopic (exact) mass is 543 g/mol. The zero-order valence-electron chi connectivity index (χ0n) is 23.3. The van der Waals surface area contributed by atoms with Crippen molar-refractivity contribution < 1.29 is 13.9 Å². The summed E-state index contributed by atoms with van der Waals surface area (Å²) in [4.78, 5) is 17.0. The highest BCUT2D eigenvalue weighted by molar-refractivity contribution is 5.83. The summed E-state index contributed by atoms with van der Waals surface area (Å²) in [5.74, 6) is -0.510. The molecule has 0 bridgehead atoms. The first-order chi connectivity index (χ1) is 19.1. The van der Waals surface area contributed by atoms with Gasteiger partial charge in [-0.25, -0.2) is 14.2 Å². The molecule has 0 aliphatic heterocycles. The van der Waals surface area contributed by atoms with Gasteiger partial charge < -0.3 is 20.7 Å². The quantitative estimate of drug-likeness (QED) is 0.232. The number of rotatable bonds is 9. The first-order valence-corrected chi connectivity index (χ1v) is 13.2. The molecule has 0 aliphatic carbocycles. The van der Waals surface area contributed by atoms with E-state index >= 15 is 4.39 Å². The highest BCUT2D eigenvalue weighted by atomic mass is 19.1. The number of aromatic nitrogens is 3. The van der Waals surface area contributed by atoms with E-state index in [9.17, 15) is 10.1 Å². The Bertz CT molecular complexity index is 1520. The van der Waals surface area contributed by atoms with Crippen LogP contribution in [0.15, 0.2) is 60.8 Å². The van der Waals surface area contributed by atoms with E-state index in [1.807, 2.05) is 73.1 Å². The number of halogens is 1. The molecule has 4 rings (SSSR count). The summed E-state index contributed by atoms with van der Waals surface area (Å²) in [5.41, 5.74) is 2.06. The van der Waals surface area contributed by atoms with Crippen molar-refractivity contribution in [3.8, 4) is 6.07 Å². The van der Waals surface area contributed by atoms with Gasteiger partial charge in [0.25, 0.3) is 0 Å². The number of hydrogen-bond donors (Lipinski definition) is 3. The molecule has 0 fully saturated rings. The number of carbonyl (C=O) groups excluding carboxylic acids is 1. The molecule has 208 valence electrons. The summed E-state index contributed by atoms with van der Waals surface area (Å²) < 4.78 is 22.5. The zero-order valence-corrected chi connectivity index (χ0v) is 23.3. The molecule has 0 aliphatic rings. The summed E-state index contributed by atoms with van der Waals surface area (Å²) in [6.07, 6.45) is 1.67. The fourth-order valence-electron chi connectivity index (χ4n) is 4.31. The van der Waals surface area contributed by atoms with Gasteiger partial charge >= 0.3 is 6.09 Å². The van der Waals surface area contributed by atoms with E-state index < -0.39 is 29.6 Å². The van der Waals surface area contributed by atoms with Crippen LogP contribution in [0, 0.1) is 17.1 Å². The van der Waals surface area contributed by atoms with Crippen LogP contribution in [0.4, 0.5) is 26.5 Å². The first-order valence-electron chi connectivity index (χ1n) is 13.2. The van der Waals surface area contributed by atoms with Crippen molar-refractivity contribution in [3.05, 3.63) is 77.7 Å². The molecule has 0 saturated carbocycles. The van der Waals surface area contributed by atoms with Crippen LogP contribution in [-0.4, -0.2) is 38.5 Å². The lowest BCUT2D eigenvalue weighted by Crippen LogP contribution is -2.47. The minimum Gasteiger partial charge on any atom is -0.444 e. The van der Waals surface area contributed by atoms with Gasteiger partial charge in [-0.3, -0.25) is 4.68 Å². The van der Waals surface area contributed by atoms with Gasteiger partial charge in [-0.2, -0.15) is 10.4 Å². The van der Waals surface area contributed by atoms with Gasteiger partial charge in [-0.15, -0.1) is 0 Å². The molecule has 0 radical (unpaired) electrons. The predicted molar refractivity (Wildman–Crippen MR) is 154 cm³/mol. The van der Waals surface area contributed by atoms with Crippen molar-refractivity contribution in [3.63, 3.8) is 0 Å². The normalized spacial score (nSPS) is 12.8. The molecule has 4 aromatic rings. The van der Waals surface area contributed by atoms with E-state index in [2.05, 4.69) is 26.0 Å². The summed E-state index contributed by atoms with van der Waals surface area (Å²) in [6, 6.07) is 17.6. The maximum atomic E-state index is 15.2. The van der Waals surface area contributed by atoms with Gasteiger partial charge in [-0.1, -0.05) is 30.3 Å². The molecular formula is C30H34FN7O2. The van der Waals surface area contributed by atoms with Crippen molar-refractivity contribution in [1.82, 2.24) is 20.1 Å². The molecule has 40 heavy (non-hydrogen) atoms. The highest BCUT2D eigenvalue weighted by Crippen LogP contribution is 2.27. The number of benzene rings is 2. The van der Waals surface area contributed by atoms with Gasteiger partial charge in [0.15, 0.2) is 17.5 Å². The Kier molecular flexibility index (Phi) is 8.53. The SMILES string of the molecule is CCn1ncc2cc(Nc3nc(N[C@H](Cc4ccccc4)[C@H](C)NC(=O)OC(C)(C)C)c(F)cc3C#N)ccc21. The summed E-state index contributed by atoms with van der Waals surface area (Å²) in [7, 11) is 0. The van der Waals surface area contributed by atoms with E-state index in [-0.39, 0.29) is 17.2 Å². The Labute approximate surface area is 233 Å². The molecule has 2 atom stereocenters. The zero-order chi connectivity index (χ0) is 28.9. The van der Waals surface area contributed by atoms with Crippen LogP contribution in [-0.2, 0) is 17.7 Å². The van der Waals surface area contributed by atoms with Gasteiger partial charge in [0.05, 0.1) is 23.3 Å². The number of amides is 1. The van der Waals surface area contributed by atoms with E-state index in [1.165, 1.54) is 0 Å². The minimum atomic E-state index is -0.677. The molecule has 2 heterocycles. The Morgan fingerprint density at radius 2 is 1.90 bits per heavy atom. The molecule has 0 unspecified atom stereocenters. The number of nitriles is 1. The molecule has 1 amide bonds. The maximum absolute atomic E-state index is 15.2. The summed E-state index contributed by atoms with van der Waals surface area (Å²) in [5, 5.41) is 24.1. The van der Waals surface area contributed by atoms with Crippen LogP contribution < -0.4 is 16.0 Å². The van der Waals surface area contributed by atoms with Crippen LogP contribution in [0.2, 0.25) is 0 Å². The van der Waals surface area contributed by atoms with Gasteiger partial charge in [0, 0.05) is 23.7 Å². The Balaban J connectivity index is 1.62. The third-order valence-electron chi connectivity index (χ3n) is 6.27. The minimum absolute atomic E-state index is 0.0415. The molecule has 3 N–H and O–H groups in total. The standard InChI is InChI=1S/C30H34FN7O2/c1-6-38-26-13-12-23(15-22(26)18-33-38)35-27-21(17-32)16-24(31)28(37-27)36-25(14-20-10-8-7-9-11-20)19(2)34-29(39)40-30(3,4)5/h7-13,15-16,18-19,25H,6,14H2,1-5H3,(H,34,39)(H2,35,36,37)/t19-,25+/m0/s1. The second-order valence-electron chi connectivity index (χ2n) is 10.6. The van der Waals surface area contributed by atoms with Crippen LogP contribution in [0.5, 0.6) is 0 Å². The average molecular weight is 544 g/mol. The number of pyridine rings is 1. The number of carbonyl (C=O) groups is 1. The lowest BCUT2D eigenvalue weighted by Gasteiger charge is -2.28. The van der Waals surface area contributed by atoms with E-state index in [1.54, 1.807) is 27.0 Å². The average Bonchev–Trinajstić information content (AvgIpc) is 3.31. The Morgan fingerprint density at radius 3 is 2.58 bits per heavy atom. The largest absolute Gasteiger partial charge is 0.444 e. The van der Waals surface area contributed by atoms with Crippen LogP contribution in [0.1, 0.15) is 45.7 Å².